The molecule has 0 radical (unpaired) electrons. The lowest BCUT2D eigenvalue weighted by Gasteiger charge is -2.22. The first-order chi connectivity index (χ1) is 10.1. The van der Waals surface area contributed by atoms with Gasteiger partial charge in [-0.3, -0.25) is 4.79 Å². The summed E-state index contributed by atoms with van der Waals surface area (Å²) in [5.74, 6) is -0.148. The monoisotopic (exact) mass is 290 g/mol. The van der Waals surface area contributed by atoms with Gasteiger partial charge in [0.15, 0.2) is 6.54 Å². The van der Waals surface area contributed by atoms with Gasteiger partial charge in [-0.1, -0.05) is 6.07 Å². The van der Waals surface area contributed by atoms with Crippen LogP contribution in [0.25, 0.3) is 0 Å². The molecule has 0 fully saturated rings. The lowest BCUT2D eigenvalue weighted by atomic mass is 10.2. The summed E-state index contributed by atoms with van der Waals surface area (Å²) in [6.07, 6.45) is 5.50. The van der Waals surface area contributed by atoms with E-state index in [4.69, 9.17) is 10.8 Å². The second-order valence-electron chi connectivity index (χ2n) is 4.71. The van der Waals surface area contributed by atoms with Crippen molar-refractivity contribution < 1.29 is 14.5 Å². The van der Waals surface area contributed by atoms with Crippen LogP contribution < -0.4 is 20.7 Å². The van der Waals surface area contributed by atoms with Crippen LogP contribution in [0.3, 0.4) is 0 Å². The van der Waals surface area contributed by atoms with Crippen molar-refractivity contribution >= 4 is 17.3 Å². The summed E-state index contributed by atoms with van der Waals surface area (Å²) in [6.45, 7) is 0.401. The van der Waals surface area contributed by atoms with Gasteiger partial charge in [0, 0.05) is 12.2 Å². The molecule has 0 saturated heterocycles. The third kappa shape index (κ3) is 4.04. The molecule has 7 heteroatoms. The van der Waals surface area contributed by atoms with Gasteiger partial charge in [0.1, 0.15) is 12.4 Å². The zero-order valence-corrected chi connectivity index (χ0v) is 11.9. The van der Waals surface area contributed by atoms with Crippen molar-refractivity contribution in [3.05, 3.63) is 43.0 Å². The molecule has 2 rings (SSSR count). The van der Waals surface area contributed by atoms with Crippen LogP contribution in [-0.4, -0.2) is 28.7 Å². The van der Waals surface area contributed by atoms with Crippen molar-refractivity contribution in [2.75, 3.05) is 23.9 Å². The van der Waals surface area contributed by atoms with E-state index in [9.17, 15) is 4.79 Å². The van der Waals surface area contributed by atoms with Crippen LogP contribution in [0.2, 0.25) is 0 Å². The number of nitrogens with one attached hydrogen (secondary N) is 1. The third-order valence-corrected chi connectivity index (χ3v) is 2.90. The predicted octanol–water partition coefficient (Wildman–Crippen LogP) is -0.575. The molecule has 0 bridgehead atoms. The highest BCUT2D eigenvalue weighted by Gasteiger charge is 2.18. The number of nitrogens with zero attached hydrogens (tertiary/aromatic N) is 3. The summed E-state index contributed by atoms with van der Waals surface area (Å²) in [4.78, 5) is 12.5. The van der Waals surface area contributed by atoms with E-state index in [-0.39, 0.29) is 25.6 Å². The van der Waals surface area contributed by atoms with E-state index in [0.717, 1.165) is 0 Å². The van der Waals surface area contributed by atoms with Gasteiger partial charge in [-0.2, -0.15) is 0 Å². The van der Waals surface area contributed by atoms with Crippen LogP contribution >= 0.6 is 0 Å². The van der Waals surface area contributed by atoms with Crippen LogP contribution in [-0.2, 0) is 18.4 Å². The Morgan fingerprint density at radius 3 is 2.95 bits per heavy atom. The van der Waals surface area contributed by atoms with Crippen molar-refractivity contribution in [3.63, 3.8) is 0 Å². The van der Waals surface area contributed by atoms with E-state index < -0.39 is 0 Å². The molecule has 4 N–H and O–H groups in total. The highest BCUT2D eigenvalue weighted by atomic mass is 16.3. The summed E-state index contributed by atoms with van der Waals surface area (Å²) in [6, 6.07) is 7.03. The molecule has 0 unspecified atom stereocenters. The van der Waals surface area contributed by atoms with Crippen LogP contribution in [0.5, 0.6) is 0 Å². The summed E-state index contributed by atoms with van der Waals surface area (Å²) in [5.41, 5.74) is 9.87. The first-order valence-electron chi connectivity index (χ1n) is 6.64. The van der Waals surface area contributed by atoms with E-state index in [0.29, 0.717) is 11.4 Å². The van der Waals surface area contributed by atoms with Crippen LogP contribution in [0, 0.1) is 0 Å². The number of imidazole rings is 1. The van der Waals surface area contributed by atoms with E-state index >= 15 is 0 Å². The summed E-state index contributed by atoms with van der Waals surface area (Å²) < 4.78 is 3.64. The second kappa shape index (κ2) is 6.87. The van der Waals surface area contributed by atoms with Crippen molar-refractivity contribution in [1.82, 2.24) is 9.99 Å². The minimum absolute atomic E-state index is 0.0649. The number of aromatic nitrogens is 2. The molecule has 1 aromatic heterocycles. The molecule has 2 aromatic rings. The quantitative estimate of drug-likeness (QED) is 0.377. The zero-order valence-electron chi connectivity index (χ0n) is 11.9. The molecule has 1 heterocycles. The maximum absolute atomic E-state index is 12.5. The van der Waals surface area contributed by atoms with Crippen molar-refractivity contribution in [3.8, 4) is 0 Å². The molecule has 0 spiro atoms. The maximum atomic E-state index is 12.5. The molecule has 112 valence electrons. The number of hydrogen-bond acceptors (Lipinski definition) is 4. The van der Waals surface area contributed by atoms with E-state index in [2.05, 4.69) is 5.43 Å². The van der Waals surface area contributed by atoms with Crippen LogP contribution in [0.4, 0.5) is 11.4 Å². The Hall–Kier alpha value is -2.38. The molecule has 1 aromatic carbocycles. The molecular formula is C14H20N5O2+. The van der Waals surface area contributed by atoms with Gasteiger partial charge in [0.05, 0.1) is 19.3 Å². The van der Waals surface area contributed by atoms with E-state index in [1.807, 2.05) is 30.3 Å². The number of carbonyl (C=O) groups excluding carboxylic acids is 1. The number of amides is 1. The molecule has 0 aliphatic rings. The highest BCUT2D eigenvalue weighted by molar-refractivity contribution is 5.91. The Balaban J connectivity index is 2.16. The van der Waals surface area contributed by atoms with Crippen LogP contribution in [0.15, 0.2) is 43.0 Å². The molecule has 0 aliphatic carbocycles. The molecule has 21 heavy (non-hydrogen) atoms. The number of aliphatic hydroxyl groups is 1. The zero-order chi connectivity index (χ0) is 15.2. The topological polar surface area (TPSA) is 87.4 Å². The number of benzene rings is 1. The van der Waals surface area contributed by atoms with Crippen molar-refractivity contribution in [2.45, 2.75) is 6.54 Å². The Kier molecular flexibility index (Phi) is 4.91. The van der Waals surface area contributed by atoms with Gasteiger partial charge in [-0.05, 0) is 18.2 Å². The molecule has 0 saturated carbocycles. The lowest BCUT2D eigenvalue weighted by molar-refractivity contribution is -0.683. The Morgan fingerprint density at radius 1 is 1.52 bits per heavy atom. The summed E-state index contributed by atoms with van der Waals surface area (Å²) in [5, 5.41) is 10.4. The fourth-order valence-electron chi connectivity index (χ4n) is 1.97. The average molecular weight is 290 g/mol. The Labute approximate surface area is 123 Å². The normalized spacial score (nSPS) is 10.6. The number of anilines is 2. The van der Waals surface area contributed by atoms with E-state index in [1.165, 1.54) is 5.01 Å². The summed E-state index contributed by atoms with van der Waals surface area (Å²) >= 11 is 0. The van der Waals surface area contributed by atoms with Gasteiger partial charge in [0.2, 0.25) is 6.33 Å². The number of nitrogen functional groups attached to an aromatic ring is 1. The van der Waals surface area contributed by atoms with Gasteiger partial charge in [-0.15, -0.1) is 0 Å². The smallest absolute Gasteiger partial charge is 0.283 e. The SMILES string of the molecule is Cn1cc[n+](CC(=O)N(NCCO)c2cccc(N)c2)c1. The number of rotatable bonds is 6. The van der Waals surface area contributed by atoms with Crippen LogP contribution in [0.1, 0.15) is 0 Å². The first-order valence-corrected chi connectivity index (χ1v) is 6.64. The van der Waals surface area contributed by atoms with Gasteiger partial charge < -0.3 is 10.8 Å². The second-order valence-corrected chi connectivity index (χ2v) is 4.71. The number of aliphatic hydroxyl groups excluding tert-OH is 1. The minimum Gasteiger partial charge on any atom is -0.399 e. The van der Waals surface area contributed by atoms with E-state index in [1.54, 1.807) is 28.8 Å². The predicted molar refractivity (Wildman–Crippen MR) is 79.0 cm³/mol. The number of hydrogen-bond donors (Lipinski definition) is 3. The minimum atomic E-state index is -0.148. The van der Waals surface area contributed by atoms with Gasteiger partial charge in [-0.25, -0.2) is 19.6 Å². The molecule has 0 aliphatic heterocycles. The first kappa shape index (κ1) is 15.0. The third-order valence-electron chi connectivity index (χ3n) is 2.90. The fraction of sp³-hybridized carbons (Fsp3) is 0.286. The average Bonchev–Trinajstić information content (AvgIpc) is 2.84. The maximum Gasteiger partial charge on any atom is 0.283 e. The molecular weight excluding hydrogens is 270 g/mol. The molecule has 7 nitrogen and oxygen atoms in total. The lowest BCUT2D eigenvalue weighted by Crippen LogP contribution is -2.50. The number of nitrogens with two attached hydrogens (primary N) is 1. The fourth-order valence-corrected chi connectivity index (χ4v) is 1.97. The Bertz CT molecular complexity index is 611. The Morgan fingerprint density at radius 2 is 2.33 bits per heavy atom. The standard InChI is InChI=1S/C14H20N5O2/c1-17-6-7-18(11-17)10-14(21)19(16-5-8-20)13-4-2-3-12(15)9-13/h2-4,6-7,9,11,16,20H,5,8,10,15H2,1H3/q+1. The van der Waals surface area contributed by atoms with Crippen molar-refractivity contribution in [2.24, 2.45) is 7.05 Å². The van der Waals surface area contributed by atoms with Gasteiger partial charge in [0.25, 0.3) is 5.91 Å². The van der Waals surface area contributed by atoms with Gasteiger partial charge >= 0.3 is 0 Å². The summed E-state index contributed by atoms with van der Waals surface area (Å²) in [7, 11) is 1.89. The number of hydrazine groups is 1. The molecule has 1 amide bonds. The largest absolute Gasteiger partial charge is 0.399 e. The molecule has 0 atom stereocenters. The van der Waals surface area contributed by atoms with Crippen molar-refractivity contribution in [1.29, 1.82) is 0 Å². The number of carbonyl (C=O) groups is 1. The highest BCUT2D eigenvalue weighted by Crippen LogP contribution is 2.16. The number of aryl methyl sites for hydroxylation is 1.